The molecule has 2 nitrogen and oxygen atoms in total. The first kappa shape index (κ1) is 14.1. The summed E-state index contributed by atoms with van der Waals surface area (Å²) in [5.74, 6) is 0.886. The molecule has 0 aliphatic carbocycles. The van der Waals surface area contributed by atoms with Crippen molar-refractivity contribution >= 4 is 23.1 Å². The van der Waals surface area contributed by atoms with E-state index in [1.807, 2.05) is 18.2 Å². The maximum absolute atomic E-state index is 8.85. The van der Waals surface area contributed by atoms with Gasteiger partial charge in [-0.05, 0) is 18.6 Å². The molecule has 0 unspecified atom stereocenters. The lowest BCUT2D eigenvalue weighted by molar-refractivity contribution is 0.875. The zero-order valence-corrected chi connectivity index (χ0v) is 12.6. The van der Waals surface area contributed by atoms with Crippen molar-refractivity contribution < 1.29 is 0 Å². The summed E-state index contributed by atoms with van der Waals surface area (Å²) in [4.78, 5) is 7.09. The van der Waals surface area contributed by atoms with Crippen LogP contribution in [0, 0.1) is 11.3 Å². The van der Waals surface area contributed by atoms with Gasteiger partial charge in [0.05, 0.1) is 23.9 Å². The summed E-state index contributed by atoms with van der Waals surface area (Å²) < 4.78 is 0. The molecule has 1 heterocycles. The van der Waals surface area contributed by atoms with E-state index in [-0.39, 0.29) is 0 Å². The number of hydrogen-bond acceptors (Lipinski definition) is 4. The Kier molecular flexibility index (Phi) is 5.44. The number of benzene rings is 1. The monoisotopic (exact) mass is 288 g/mol. The third kappa shape index (κ3) is 4.09. The van der Waals surface area contributed by atoms with Crippen LogP contribution in [0.2, 0.25) is 0 Å². The molecule has 0 aliphatic rings. The lowest BCUT2D eigenvalue weighted by atomic mass is 10.2. The van der Waals surface area contributed by atoms with Crippen molar-refractivity contribution in [3.05, 3.63) is 45.9 Å². The molecular formula is C15H16N2S2. The number of aromatic nitrogens is 1. The van der Waals surface area contributed by atoms with Gasteiger partial charge in [0, 0.05) is 9.77 Å². The standard InChI is InChI=1S/C15H16N2S2/c1-2-6-13-14(9-10-16)19-15(17-13)11-18-12-7-4-3-5-8-12/h3-5,7-8H,2,6,9,11H2,1H3. The summed E-state index contributed by atoms with van der Waals surface area (Å²) in [6, 6.07) is 12.6. The van der Waals surface area contributed by atoms with Crippen molar-refractivity contribution in [1.29, 1.82) is 5.26 Å². The largest absolute Gasteiger partial charge is 0.245 e. The molecular weight excluding hydrogens is 272 g/mol. The normalized spacial score (nSPS) is 10.3. The smallest absolute Gasteiger partial charge is 0.103 e. The predicted molar refractivity (Wildman–Crippen MR) is 81.4 cm³/mol. The second-order valence-electron chi connectivity index (χ2n) is 4.16. The fraction of sp³-hybridized carbons (Fsp3) is 0.333. The molecule has 98 valence electrons. The highest BCUT2D eigenvalue weighted by Gasteiger charge is 2.10. The van der Waals surface area contributed by atoms with E-state index in [2.05, 4.69) is 30.1 Å². The fourth-order valence-corrected chi connectivity index (χ4v) is 3.76. The van der Waals surface area contributed by atoms with E-state index in [1.54, 1.807) is 23.1 Å². The van der Waals surface area contributed by atoms with Gasteiger partial charge in [0.1, 0.15) is 5.01 Å². The first-order valence-electron chi connectivity index (χ1n) is 6.35. The Bertz CT molecular complexity index is 555. The summed E-state index contributed by atoms with van der Waals surface area (Å²) in [5.41, 5.74) is 1.12. The first-order valence-corrected chi connectivity index (χ1v) is 8.16. The topological polar surface area (TPSA) is 36.7 Å². The van der Waals surface area contributed by atoms with Gasteiger partial charge in [-0.15, -0.1) is 23.1 Å². The fourth-order valence-electron chi connectivity index (χ4n) is 1.80. The molecule has 0 saturated heterocycles. The minimum Gasteiger partial charge on any atom is -0.245 e. The van der Waals surface area contributed by atoms with Crippen LogP contribution in [-0.2, 0) is 18.6 Å². The molecule has 0 bridgehead atoms. The number of hydrogen-bond donors (Lipinski definition) is 0. The highest BCUT2D eigenvalue weighted by atomic mass is 32.2. The molecule has 2 aromatic rings. The molecule has 0 radical (unpaired) electrons. The molecule has 1 aromatic heterocycles. The highest BCUT2D eigenvalue weighted by molar-refractivity contribution is 7.98. The quantitative estimate of drug-likeness (QED) is 0.737. The molecule has 19 heavy (non-hydrogen) atoms. The maximum Gasteiger partial charge on any atom is 0.103 e. The van der Waals surface area contributed by atoms with Gasteiger partial charge in [-0.3, -0.25) is 0 Å². The molecule has 4 heteroatoms. The summed E-state index contributed by atoms with van der Waals surface area (Å²) in [6.07, 6.45) is 2.54. The van der Waals surface area contributed by atoms with E-state index in [9.17, 15) is 0 Å². The van der Waals surface area contributed by atoms with Gasteiger partial charge in [-0.2, -0.15) is 5.26 Å². The summed E-state index contributed by atoms with van der Waals surface area (Å²) in [6.45, 7) is 2.15. The van der Waals surface area contributed by atoms with Crippen molar-refractivity contribution in [1.82, 2.24) is 4.98 Å². The Labute approximate surface area is 122 Å². The molecule has 0 fully saturated rings. The summed E-state index contributed by atoms with van der Waals surface area (Å²) in [7, 11) is 0. The molecule has 0 atom stereocenters. The Hall–Kier alpha value is -1.31. The lowest BCUT2D eigenvalue weighted by Gasteiger charge is -1.97. The van der Waals surface area contributed by atoms with E-state index in [1.165, 1.54) is 4.90 Å². The second-order valence-corrected chi connectivity index (χ2v) is 6.38. The van der Waals surface area contributed by atoms with Crippen LogP contribution >= 0.6 is 23.1 Å². The summed E-state index contributed by atoms with van der Waals surface area (Å²) >= 11 is 3.49. The van der Waals surface area contributed by atoms with Crippen LogP contribution in [-0.4, -0.2) is 4.98 Å². The van der Waals surface area contributed by atoms with E-state index in [0.717, 1.165) is 34.2 Å². The van der Waals surface area contributed by atoms with E-state index in [4.69, 9.17) is 5.26 Å². The van der Waals surface area contributed by atoms with Gasteiger partial charge in [0.25, 0.3) is 0 Å². The van der Waals surface area contributed by atoms with Crippen molar-refractivity contribution in [3.63, 3.8) is 0 Å². The molecule has 0 saturated carbocycles. The molecule has 0 N–H and O–H groups in total. The third-order valence-electron chi connectivity index (χ3n) is 2.65. The van der Waals surface area contributed by atoms with Gasteiger partial charge in [0.2, 0.25) is 0 Å². The number of aryl methyl sites for hydroxylation is 1. The molecule has 1 aromatic carbocycles. The summed E-state index contributed by atoms with van der Waals surface area (Å²) in [5, 5.41) is 9.98. The average molecular weight is 288 g/mol. The number of rotatable bonds is 6. The second kappa shape index (κ2) is 7.32. The van der Waals surface area contributed by atoms with Crippen molar-refractivity contribution in [2.24, 2.45) is 0 Å². The zero-order chi connectivity index (χ0) is 13.5. The van der Waals surface area contributed by atoms with Crippen LogP contribution in [0.3, 0.4) is 0 Å². The van der Waals surface area contributed by atoms with Crippen molar-refractivity contribution in [2.45, 2.75) is 36.8 Å². The van der Waals surface area contributed by atoms with Gasteiger partial charge in [0.15, 0.2) is 0 Å². The van der Waals surface area contributed by atoms with Crippen molar-refractivity contribution in [2.75, 3.05) is 0 Å². The SMILES string of the molecule is CCCc1nc(CSc2ccccc2)sc1CC#N. The Balaban J connectivity index is 2.04. The van der Waals surface area contributed by atoms with Crippen LogP contribution in [0.15, 0.2) is 35.2 Å². The van der Waals surface area contributed by atoms with Crippen LogP contribution in [0.1, 0.15) is 28.9 Å². The first-order chi connectivity index (χ1) is 9.33. The highest BCUT2D eigenvalue weighted by Crippen LogP contribution is 2.27. The molecule has 2 rings (SSSR count). The number of nitrogens with zero attached hydrogens (tertiary/aromatic N) is 2. The lowest BCUT2D eigenvalue weighted by Crippen LogP contribution is -1.89. The molecule has 0 spiro atoms. The maximum atomic E-state index is 8.85. The Morgan fingerprint density at radius 2 is 2.11 bits per heavy atom. The van der Waals surface area contributed by atoms with Crippen LogP contribution in [0.5, 0.6) is 0 Å². The van der Waals surface area contributed by atoms with Crippen LogP contribution < -0.4 is 0 Å². The van der Waals surface area contributed by atoms with Crippen LogP contribution in [0.4, 0.5) is 0 Å². The van der Waals surface area contributed by atoms with Gasteiger partial charge in [-0.25, -0.2) is 4.98 Å². The Morgan fingerprint density at radius 1 is 1.32 bits per heavy atom. The van der Waals surface area contributed by atoms with Crippen LogP contribution in [0.25, 0.3) is 0 Å². The van der Waals surface area contributed by atoms with Gasteiger partial charge >= 0.3 is 0 Å². The number of nitriles is 1. The zero-order valence-electron chi connectivity index (χ0n) is 10.9. The molecule has 0 amide bonds. The molecule has 0 aliphatic heterocycles. The third-order valence-corrected chi connectivity index (χ3v) is 4.96. The predicted octanol–water partition coefficient (Wildman–Crippen LogP) is 4.45. The Morgan fingerprint density at radius 3 is 2.79 bits per heavy atom. The minimum absolute atomic E-state index is 0.489. The van der Waals surface area contributed by atoms with E-state index >= 15 is 0 Å². The van der Waals surface area contributed by atoms with E-state index < -0.39 is 0 Å². The minimum atomic E-state index is 0.489. The number of thiazole rings is 1. The van der Waals surface area contributed by atoms with Gasteiger partial charge < -0.3 is 0 Å². The average Bonchev–Trinajstić information content (AvgIpc) is 2.81. The number of thioether (sulfide) groups is 1. The van der Waals surface area contributed by atoms with E-state index in [0.29, 0.717) is 6.42 Å². The van der Waals surface area contributed by atoms with Gasteiger partial charge in [-0.1, -0.05) is 31.5 Å². The van der Waals surface area contributed by atoms with Crippen molar-refractivity contribution in [3.8, 4) is 6.07 Å².